The second-order valence-electron chi connectivity index (χ2n) is 8.66. The third kappa shape index (κ3) is 5.38. The second-order valence-corrected chi connectivity index (χ2v) is 8.66. The van der Waals surface area contributed by atoms with Crippen LogP contribution < -0.4 is 0 Å². The van der Waals surface area contributed by atoms with E-state index in [1.807, 2.05) is 48.5 Å². The van der Waals surface area contributed by atoms with Crippen molar-refractivity contribution >= 4 is 11.9 Å². The van der Waals surface area contributed by atoms with Crippen LogP contribution in [0.15, 0.2) is 84.9 Å². The molecule has 4 aromatic carbocycles. The molecule has 4 nitrogen and oxygen atoms in total. The average molecular weight is 479 g/mol. The Kier molecular flexibility index (Phi) is 7.65. The number of hydrogen-bond donors (Lipinski definition) is 0. The first kappa shape index (κ1) is 24.9. The van der Waals surface area contributed by atoms with Crippen LogP contribution in [0.2, 0.25) is 0 Å². The Morgan fingerprint density at radius 3 is 1.17 bits per heavy atom. The smallest absolute Gasteiger partial charge is 0.338 e. The third-order valence-corrected chi connectivity index (χ3v) is 6.20. The van der Waals surface area contributed by atoms with Crippen LogP contribution in [-0.2, 0) is 9.47 Å². The predicted octanol–water partition coefficient (Wildman–Crippen LogP) is 7.66. The molecule has 0 aliphatic rings. The number of carbonyl (C=O) groups excluding carboxylic acids is 2. The molecule has 4 rings (SSSR count). The van der Waals surface area contributed by atoms with Gasteiger partial charge in [0.25, 0.3) is 0 Å². The van der Waals surface area contributed by atoms with E-state index >= 15 is 0 Å². The van der Waals surface area contributed by atoms with Gasteiger partial charge in [-0.1, -0.05) is 60.7 Å². The minimum atomic E-state index is -0.301. The van der Waals surface area contributed by atoms with Gasteiger partial charge in [0.05, 0.1) is 24.3 Å². The topological polar surface area (TPSA) is 52.6 Å². The van der Waals surface area contributed by atoms with Crippen molar-refractivity contribution < 1.29 is 19.1 Å². The number of rotatable bonds is 7. The molecule has 0 amide bonds. The SMILES string of the molecule is CCOC(=O)c1ccc(-c2ccc(-c3ccc(-c4ccc(C(=O)OCC)cc4)c(C)c3)cc2C)cc1. The molecule has 0 N–H and O–H groups in total. The zero-order valence-corrected chi connectivity index (χ0v) is 21.1. The Hall–Kier alpha value is -4.18. The summed E-state index contributed by atoms with van der Waals surface area (Å²) in [6.07, 6.45) is 0. The van der Waals surface area contributed by atoms with E-state index in [1.165, 1.54) is 0 Å². The quantitative estimate of drug-likeness (QED) is 0.256. The van der Waals surface area contributed by atoms with E-state index in [1.54, 1.807) is 13.8 Å². The molecule has 36 heavy (non-hydrogen) atoms. The van der Waals surface area contributed by atoms with Crippen molar-refractivity contribution in [1.29, 1.82) is 0 Å². The van der Waals surface area contributed by atoms with Gasteiger partial charge in [0.2, 0.25) is 0 Å². The summed E-state index contributed by atoms with van der Waals surface area (Å²) in [6, 6.07) is 28.0. The Balaban J connectivity index is 1.55. The molecule has 0 atom stereocenters. The lowest BCUT2D eigenvalue weighted by Crippen LogP contribution is -2.04. The first-order valence-electron chi connectivity index (χ1n) is 12.2. The van der Waals surface area contributed by atoms with Gasteiger partial charge in [0, 0.05) is 0 Å². The summed E-state index contributed by atoms with van der Waals surface area (Å²) in [4.78, 5) is 23.9. The van der Waals surface area contributed by atoms with Gasteiger partial charge < -0.3 is 9.47 Å². The molecule has 0 aliphatic carbocycles. The monoisotopic (exact) mass is 478 g/mol. The number of benzene rings is 4. The molecule has 0 saturated carbocycles. The summed E-state index contributed by atoms with van der Waals surface area (Å²) in [5.74, 6) is -0.602. The lowest BCUT2D eigenvalue weighted by atomic mass is 9.92. The molecule has 0 aliphatic heterocycles. The Bertz CT molecular complexity index is 1270. The van der Waals surface area contributed by atoms with Gasteiger partial charge in [-0.3, -0.25) is 0 Å². The standard InChI is InChI=1S/C32H30O4/c1-5-35-31(33)25-11-7-23(8-12-25)29-17-15-27(19-21(29)3)28-16-18-30(22(4)20-28)24-9-13-26(14-10-24)32(34)36-6-2/h7-20H,5-6H2,1-4H3. The summed E-state index contributed by atoms with van der Waals surface area (Å²) in [6.45, 7) is 8.54. The van der Waals surface area contributed by atoms with Gasteiger partial charge in [0.1, 0.15) is 0 Å². The van der Waals surface area contributed by atoms with Crippen LogP contribution >= 0.6 is 0 Å². The zero-order valence-electron chi connectivity index (χ0n) is 21.1. The van der Waals surface area contributed by atoms with Crippen molar-refractivity contribution in [3.05, 3.63) is 107 Å². The average Bonchev–Trinajstić information content (AvgIpc) is 2.89. The highest BCUT2D eigenvalue weighted by Crippen LogP contribution is 2.32. The summed E-state index contributed by atoms with van der Waals surface area (Å²) in [5.41, 5.74) is 10.1. The second kappa shape index (κ2) is 11.0. The molecule has 0 unspecified atom stereocenters. The van der Waals surface area contributed by atoms with E-state index in [9.17, 15) is 9.59 Å². The summed E-state index contributed by atoms with van der Waals surface area (Å²) in [5, 5.41) is 0. The van der Waals surface area contributed by atoms with Gasteiger partial charge in [-0.2, -0.15) is 0 Å². The van der Waals surface area contributed by atoms with Crippen molar-refractivity contribution in [2.24, 2.45) is 0 Å². The number of aryl methyl sites for hydroxylation is 2. The van der Waals surface area contributed by atoms with E-state index in [2.05, 4.69) is 50.2 Å². The minimum Gasteiger partial charge on any atom is -0.462 e. The van der Waals surface area contributed by atoms with Crippen LogP contribution in [0.25, 0.3) is 33.4 Å². The molecule has 0 spiro atoms. The summed E-state index contributed by atoms with van der Waals surface area (Å²) >= 11 is 0. The maximum atomic E-state index is 11.9. The molecule has 0 fully saturated rings. The van der Waals surface area contributed by atoms with Crippen molar-refractivity contribution in [3.63, 3.8) is 0 Å². The summed E-state index contributed by atoms with van der Waals surface area (Å²) in [7, 11) is 0. The van der Waals surface area contributed by atoms with E-state index in [-0.39, 0.29) is 11.9 Å². The van der Waals surface area contributed by atoms with Crippen LogP contribution in [0.1, 0.15) is 45.7 Å². The maximum Gasteiger partial charge on any atom is 0.338 e. The van der Waals surface area contributed by atoms with Gasteiger partial charge in [-0.15, -0.1) is 0 Å². The molecule has 182 valence electrons. The van der Waals surface area contributed by atoms with Crippen LogP contribution in [0.3, 0.4) is 0 Å². The Morgan fingerprint density at radius 2 is 0.861 bits per heavy atom. The Labute approximate surface area is 212 Å². The molecule has 0 bridgehead atoms. The van der Waals surface area contributed by atoms with Crippen LogP contribution in [0.5, 0.6) is 0 Å². The van der Waals surface area contributed by atoms with Crippen molar-refractivity contribution in [1.82, 2.24) is 0 Å². The van der Waals surface area contributed by atoms with E-state index < -0.39 is 0 Å². The predicted molar refractivity (Wildman–Crippen MR) is 144 cm³/mol. The van der Waals surface area contributed by atoms with Crippen molar-refractivity contribution in [3.8, 4) is 33.4 Å². The number of carbonyl (C=O) groups is 2. The van der Waals surface area contributed by atoms with E-state index in [0.29, 0.717) is 24.3 Å². The zero-order chi connectivity index (χ0) is 25.7. The highest BCUT2D eigenvalue weighted by molar-refractivity contribution is 5.91. The molecule has 0 saturated heterocycles. The molecule has 4 aromatic rings. The normalized spacial score (nSPS) is 10.7. The van der Waals surface area contributed by atoms with Gasteiger partial charge >= 0.3 is 11.9 Å². The van der Waals surface area contributed by atoms with Crippen LogP contribution in [-0.4, -0.2) is 25.2 Å². The largest absolute Gasteiger partial charge is 0.462 e. The highest BCUT2D eigenvalue weighted by atomic mass is 16.5. The third-order valence-electron chi connectivity index (χ3n) is 6.20. The lowest BCUT2D eigenvalue weighted by Gasteiger charge is -2.13. The molecular weight excluding hydrogens is 448 g/mol. The first-order valence-corrected chi connectivity index (χ1v) is 12.2. The van der Waals surface area contributed by atoms with Gasteiger partial charge in [-0.25, -0.2) is 9.59 Å². The molecule has 0 aromatic heterocycles. The molecule has 0 radical (unpaired) electrons. The molecular formula is C32H30O4. The number of ether oxygens (including phenoxy) is 2. The lowest BCUT2D eigenvalue weighted by molar-refractivity contribution is 0.0517. The molecule has 4 heteroatoms. The maximum absolute atomic E-state index is 11.9. The van der Waals surface area contributed by atoms with Gasteiger partial charge in [0.15, 0.2) is 0 Å². The number of esters is 2. The fourth-order valence-corrected chi connectivity index (χ4v) is 4.33. The number of hydrogen-bond acceptors (Lipinski definition) is 4. The fourth-order valence-electron chi connectivity index (χ4n) is 4.33. The molecule has 0 heterocycles. The fraction of sp³-hybridized carbons (Fsp3) is 0.188. The van der Waals surface area contributed by atoms with Crippen molar-refractivity contribution in [2.45, 2.75) is 27.7 Å². The first-order chi connectivity index (χ1) is 17.4. The highest BCUT2D eigenvalue weighted by Gasteiger charge is 2.11. The Morgan fingerprint density at radius 1 is 0.528 bits per heavy atom. The van der Waals surface area contributed by atoms with Gasteiger partial charge in [-0.05, 0) is 96.5 Å². The van der Waals surface area contributed by atoms with Crippen molar-refractivity contribution in [2.75, 3.05) is 13.2 Å². The van der Waals surface area contributed by atoms with E-state index in [0.717, 1.165) is 44.5 Å². The van der Waals surface area contributed by atoms with Crippen LogP contribution in [0.4, 0.5) is 0 Å². The minimum absolute atomic E-state index is 0.301. The van der Waals surface area contributed by atoms with Crippen LogP contribution in [0, 0.1) is 13.8 Å². The van der Waals surface area contributed by atoms with E-state index in [4.69, 9.17) is 9.47 Å². The summed E-state index contributed by atoms with van der Waals surface area (Å²) < 4.78 is 10.1.